The van der Waals surface area contributed by atoms with Gasteiger partial charge in [0.1, 0.15) is 12.4 Å². The molecule has 5 nitrogen and oxygen atoms in total. The van der Waals surface area contributed by atoms with Gasteiger partial charge in [0.05, 0.1) is 6.54 Å². The number of piperidine rings is 1. The molecular weight excluding hydrogens is 386 g/mol. The lowest BCUT2D eigenvalue weighted by molar-refractivity contribution is -0.123. The van der Waals surface area contributed by atoms with E-state index in [1.807, 2.05) is 54.6 Å². The highest BCUT2D eigenvalue weighted by Gasteiger charge is 2.33. The molecule has 1 saturated heterocycles. The molecule has 1 aliphatic rings. The number of benzene rings is 2. The van der Waals surface area contributed by atoms with Crippen LogP contribution in [0.25, 0.3) is 0 Å². The Morgan fingerprint density at radius 3 is 2.48 bits per heavy atom. The summed E-state index contributed by atoms with van der Waals surface area (Å²) in [5, 5.41) is 3.06. The van der Waals surface area contributed by atoms with Gasteiger partial charge in [-0.3, -0.25) is 9.69 Å². The number of hydrogen-bond acceptors (Lipinski definition) is 4. The smallest absolute Gasteiger partial charge is 0.234 e. The van der Waals surface area contributed by atoms with E-state index in [4.69, 9.17) is 10.5 Å². The highest BCUT2D eigenvalue weighted by molar-refractivity contribution is 5.85. The molecule has 158 valence electrons. The minimum atomic E-state index is 0. The molecule has 0 bridgehead atoms. The highest BCUT2D eigenvalue weighted by Crippen LogP contribution is 2.27. The molecule has 1 unspecified atom stereocenters. The van der Waals surface area contributed by atoms with Gasteiger partial charge in [0.2, 0.25) is 5.91 Å². The summed E-state index contributed by atoms with van der Waals surface area (Å²) in [6.45, 7) is 7.47. The summed E-state index contributed by atoms with van der Waals surface area (Å²) in [5.74, 6) is 0.886. The van der Waals surface area contributed by atoms with Gasteiger partial charge in [0.25, 0.3) is 0 Å². The number of carbonyl (C=O) groups excluding carboxylic acids is 1. The standard InChI is InChI=1S/C23H31N3O2.ClH/c1-23(2)17-26(13-12-21(23)24)15-22(27)25-14-18-8-6-7-9-19(18)16-28-20-10-4-3-5-11-20;/h3-11,21H,12-17,24H2,1-2H3,(H,25,27);1H. The van der Waals surface area contributed by atoms with E-state index in [0.717, 1.165) is 36.4 Å². The van der Waals surface area contributed by atoms with Crippen molar-refractivity contribution in [1.82, 2.24) is 10.2 Å². The largest absolute Gasteiger partial charge is 0.489 e. The van der Waals surface area contributed by atoms with Crippen LogP contribution in [0.4, 0.5) is 0 Å². The minimum absolute atomic E-state index is 0. The van der Waals surface area contributed by atoms with Crippen molar-refractivity contribution >= 4 is 18.3 Å². The molecule has 1 heterocycles. The van der Waals surface area contributed by atoms with Gasteiger partial charge in [-0.25, -0.2) is 0 Å². The first kappa shape index (κ1) is 23.2. The minimum Gasteiger partial charge on any atom is -0.489 e. The summed E-state index contributed by atoms with van der Waals surface area (Å²) in [4.78, 5) is 14.7. The zero-order chi connectivity index (χ0) is 20.0. The van der Waals surface area contributed by atoms with Crippen molar-refractivity contribution in [2.24, 2.45) is 11.1 Å². The van der Waals surface area contributed by atoms with E-state index >= 15 is 0 Å². The second-order valence-electron chi connectivity index (χ2n) is 8.24. The van der Waals surface area contributed by atoms with Crippen molar-refractivity contribution in [2.75, 3.05) is 19.6 Å². The van der Waals surface area contributed by atoms with Gasteiger partial charge in [0, 0.05) is 25.7 Å². The first-order chi connectivity index (χ1) is 13.4. The zero-order valence-electron chi connectivity index (χ0n) is 17.3. The Balaban J connectivity index is 0.00000300. The van der Waals surface area contributed by atoms with Gasteiger partial charge in [-0.15, -0.1) is 12.4 Å². The Morgan fingerprint density at radius 2 is 1.79 bits per heavy atom. The van der Waals surface area contributed by atoms with Crippen molar-refractivity contribution in [3.63, 3.8) is 0 Å². The fourth-order valence-electron chi connectivity index (χ4n) is 3.62. The number of nitrogens with one attached hydrogen (secondary N) is 1. The maximum atomic E-state index is 12.5. The van der Waals surface area contributed by atoms with Crippen molar-refractivity contribution in [3.05, 3.63) is 65.7 Å². The summed E-state index contributed by atoms with van der Waals surface area (Å²) >= 11 is 0. The lowest BCUT2D eigenvalue weighted by Crippen LogP contribution is -2.54. The highest BCUT2D eigenvalue weighted by atomic mass is 35.5. The van der Waals surface area contributed by atoms with Crippen LogP contribution in [0.5, 0.6) is 5.75 Å². The van der Waals surface area contributed by atoms with Crippen LogP contribution in [0, 0.1) is 5.41 Å². The van der Waals surface area contributed by atoms with Crippen LogP contribution in [-0.4, -0.2) is 36.5 Å². The maximum Gasteiger partial charge on any atom is 0.234 e. The molecule has 29 heavy (non-hydrogen) atoms. The predicted octanol–water partition coefficient (Wildman–Crippen LogP) is 3.36. The molecular formula is C23H32ClN3O2. The number of nitrogens with two attached hydrogens (primary N) is 1. The Labute approximate surface area is 180 Å². The number of para-hydroxylation sites is 1. The van der Waals surface area contributed by atoms with Crippen LogP contribution in [0.2, 0.25) is 0 Å². The van der Waals surface area contributed by atoms with E-state index in [-0.39, 0.29) is 29.8 Å². The monoisotopic (exact) mass is 417 g/mol. The van der Waals surface area contributed by atoms with Gasteiger partial charge >= 0.3 is 0 Å². The molecule has 3 rings (SSSR count). The Morgan fingerprint density at radius 1 is 1.14 bits per heavy atom. The number of hydrogen-bond donors (Lipinski definition) is 2. The number of rotatable bonds is 7. The number of carbonyl (C=O) groups is 1. The van der Waals surface area contributed by atoms with Crippen molar-refractivity contribution in [1.29, 1.82) is 0 Å². The molecule has 1 fully saturated rings. The summed E-state index contributed by atoms with van der Waals surface area (Å²) in [6.07, 6.45) is 0.930. The van der Waals surface area contributed by atoms with Crippen molar-refractivity contribution in [2.45, 2.75) is 39.5 Å². The van der Waals surface area contributed by atoms with E-state index in [1.54, 1.807) is 0 Å². The SMILES string of the molecule is CC1(C)CN(CC(=O)NCc2ccccc2COc2ccccc2)CCC1N.Cl. The fourth-order valence-corrected chi connectivity index (χ4v) is 3.62. The van der Waals surface area contributed by atoms with Gasteiger partial charge in [0.15, 0.2) is 0 Å². The van der Waals surface area contributed by atoms with E-state index in [1.165, 1.54) is 0 Å². The van der Waals surface area contributed by atoms with Gasteiger partial charge in [-0.1, -0.05) is 56.3 Å². The topological polar surface area (TPSA) is 67.6 Å². The van der Waals surface area contributed by atoms with Crippen LogP contribution in [0.3, 0.4) is 0 Å². The number of nitrogens with zero attached hydrogens (tertiary/aromatic N) is 1. The summed E-state index contributed by atoms with van der Waals surface area (Å²) in [5.41, 5.74) is 8.39. The lowest BCUT2D eigenvalue weighted by atomic mass is 9.80. The van der Waals surface area contributed by atoms with Gasteiger partial charge in [-0.05, 0) is 35.1 Å². The summed E-state index contributed by atoms with van der Waals surface area (Å²) < 4.78 is 5.86. The molecule has 1 amide bonds. The maximum absolute atomic E-state index is 12.5. The van der Waals surface area contributed by atoms with E-state index in [2.05, 4.69) is 24.1 Å². The van der Waals surface area contributed by atoms with E-state index in [9.17, 15) is 4.79 Å². The third-order valence-corrected chi connectivity index (χ3v) is 5.49. The predicted molar refractivity (Wildman–Crippen MR) is 119 cm³/mol. The Kier molecular flexibility index (Phi) is 8.50. The molecule has 0 spiro atoms. The molecule has 6 heteroatoms. The molecule has 1 aliphatic heterocycles. The Hall–Kier alpha value is -2.08. The Bertz CT molecular complexity index is 783. The lowest BCUT2D eigenvalue weighted by Gasteiger charge is -2.42. The fraction of sp³-hybridized carbons (Fsp3) is 0.435. The van der Waals surface area contributed by atoms with Gasteiger partial charge in [-0.2, -0.15) is 0 Å². The van der Waals surface area contributed by atoms with Crippen molar-refractivity contribution in [3.8, 4) is 5.75 Å². The van der Waals surface area contributed by atoms with Crippen LogP contribution in [-0.2, 0) is 17.9 Å². The summed E-state index contributed by atoms with van der Waals surface area (Å²) in [7, 11) is 0. The molecule has 2 aromatic rings. The molecule has 0 radical (unpaired) electrons. The third-order valence-electron chi connectivity index (χ3n) is 5.49. The average Bonchev–Trinajstić information content (AvgIpc) is 2.69. The molecule has 0 saturated carbocycles. The van der Waals surface area contributed by atoms with E-state index in [0.29, 0.717) is 19.7 Å². The van der Waals surface area contributed by atoms with Gasteiger partial charge < -0.3 is 15.8 Å². The molecule has 3 N–H and O–H groups in total. The normalized spacial score (nSPS) is 18.5. The first-order valence-corrected chi connectivity index (χ1v) is 9.93. The van der Waals surface area contributed by atoms with E-state index < -0.39 is 0 Å². The first-order valence-electron chi connectivity index (χ1n) is 9.93. The average molecular weight is 418 g/mol. The molecule has 2 aromatic carbocycles. The molecule has 0 aromatic heterocycles. The second-order valence-corrected chi connectivity index (χ2v) is 8.24. The van der Waals surface area contributed by atoms with Crippen LogP contribution in [0.15, 0.2) is 54.6 Å². The number of amides is 1. The molecule has 0 aliphatic carbocycles. The van der Waals surface area contributed by atoms with Crippen LogP contribution < -0.4 is 15.8 Å². The van der Waals surface area contributed by atoms with Crippen LogP contribution in [0.1, 0.15) is 31.4 Å². The number of likely N-dealkylation sites (tertiary alicyclic amines) is 1. The number of ether oxygens (including phenoxy) is 1. The second kappa shape index (κ2) is 10.6. The third kappa shape index (κ3) is 6.74. The van der Waals surface area contributed by atoms with Crippen molar-refractivity contribution < 1.29 is 9.53 Å². The molecule has 1 atom stereocenters. The number of halogens is 1. The zero-order valence-corrected chi connectivity index (χ0v) is 18.1. The quantitative estimate of drug-likeness (QED) is 0.724. The summed E-state index contributed by atoms with van der Waals surface area (Å²) in [6, 6.07) is 18.0. The van der Waals surface area contributed by atoms with Crippen LogP contribution >= 0.6 is 12.4 Å².